The third-order valence-electron chi connectivity index (χ3n) is 5.53. The molecule has 0 bridgehead atoms. The van der Waals surface area contributed by atoms with Gasteiger partial charge in [-0.15, -0.1) is 0 Å². The molecule has 0 aliphatic carbocycles. The number of carbonyl (C=O) groups excluding carboxylic acids is 1. The minimum Gasteiger partial charge on any atom is -0.507 e. The maximum atomic E-state index is 13.2. The monoisotopic (exact) mass is 460 g/mol. The number of hydrogen-bond acceptors (Lipinski definition) is 5. The summed E-state index contributed by atoms with van der Waals surface area (Å²) in [5.74, 6) is -1.31. The van der Waals surface area contributed by atoms with Crippen molar-refractivity contribution in [2.75, 3.05) is 14.1 Å². The molecule has 174 valence electrons. The number of aromatic hydroxyl groups is 2. The van der Waals surface area contributed by atoms with Crippen LogP contribution in [0.1, 0.15) is 21.5 Å². The largest absolute Gasteiger partial charge is 0.507 e. The Morgan fingerprint density at radius 1 is 1.06 bits per heavy atom. The van der Waals surface area contributed by atoms with E-state index in [0.29, 0.717) is 17.8 Å². The van der Waals surface area contributed by atoms with Gasteiger partial charge in [0.1, 0.15) is 17.3 Å². The van der Waals surface area contributed by atoms with Gasteiger partial charge in [0.2, 0.25) is 0 Å². The van der Waals surface area contributed by atoms with E-state index in [1.807, 2.05) is 31.3 Å². The van der Waals surface area contributed by atoms with Crippen LogP contribution in [-0.4, -0.2) is 44.9 Å². The van der Waals surface area contributed by atoms with Gasteiger partial charge >= 0.3 is 0 Å². The summed E-state index contributed by atoms with van der Waals surface area (Å²) in [6, 6.07) is 17.9. The summed E-state index contributed by atoms with van der Waals surface area (Å²) >= 11 is 0. The summed E-state index contributed by atoms with van der Waals surface area (Å²) in [5, 5.41) is 28.6. The fourth-order valence-electron chi connectivity index (χ4n) is 3.85. The number of hydrogen-bond donors (Lipinski definition) is 3. The highest BCUT2D eigenvalue weighted by Crippen LogP contribution is 2.36. The van der Waals surface area contributed by atoms with Crippen LogP contribution in [0.2, 0.25) is 0 Å². The van der Waals surface area contributed by atoms with E-state index in [0.717, 1.165) is 22.9 Å². The van der Waals surface area contributed by atoms with Gasteiger partial charge in [-0.1, -0.05) is 30.3 Å². The first kappa shape index (κ1) is 23.0. The molecule has 0 unspecified atom stereocenters. The molecule has 0 saturated carbocycles. The Morgan fingerprint density at radius 3 is 2.53 bits per heavy atom. The number of rotatable bonds is 7. The van der Waals surface area contributed by atoms with Gasteiger partial charge in [0.15, 0.2) is 0 Å². The molecule has 0 atom stereocenters. The van der Waals surface area contributed by atoms with E-state index in [-0.39, 0.29) is 29.4 Å². The van der Waals surface area contributed by atoms with Crippen molar-refractivity contribution in [3.05, 3.63) is 95.4 Å². The van der Waals surface area contributed by atoms with Gasteiger partial charge in [-0.05, 0) is 48.5 Å². The van der Waals surface area contributed by atoms with Crippen molar-refractivity contribution < 1.29 is 19.4 Å². The molecule has 4 aromatic rings. The zero-order valence-corrected chi connectivity index (χ0v) is 18.9. The van der Waals surface area contributed by atoms with Crippen LogP contribution >= 0.6 is 0 Å². The van der Waals surface area contributed by atoms with Crippen LogP contribution in [0.25, 0.3) is 16.9 Å². The predicted molar refractivity (Wildman–Crippen MR) is 127 cm³/mol. The van der Waals surface area contributed by atoms with Crippen molar-refractivity contribution in [2.24, 2.45) is 0 Å². The Kier molecular flexibility index (Phi) is 6.60. The van der Waals surface area contributed by atoms with E-state index < -0.39 is 5.91 Å². The molecule has 3 aromatic carbocycles. The Labute approximate surface area is 196 Å². The van der Waals surface area contributed by atoms with E-state index in [1.54, 1.807) is 36.1 Å². The predicted octanol–water partition coefficient (Wildman–Crippen LogP) is 4.08. The van der Waals surface area contributed by atoms with Crippen LogP contribution in [0.15, 0.2) is 72.9 Å². The third-order valence-corrected chi connectivity index (χ3v) is 5.53. The average molecular weight is 461 g/mol. The topological polar surface area (TPSA) is 90.6 Å². The second-order valence-electron chi connectivity index (χ2n) is 7.96. The SMILES string of the molecule is CNCc1ccccc1-n1nccc1-c1cc(C(=O)N(C)Cc2ccc(F)cc2)c(O)cc1O. The Bertz CT molecular complexity index is 1320. The molecule has 7 nitrogen and oxygen atoms in total. The van der Waals surface area contributed by atoms with E-state index in [1.165, 1.54) is 23.1 Å². The van der Waals surface area contributed by atoms with E-state index in [2.05, 4.69) is 10.4 Å². The number of nitrogens with one attached hydrogen (secondary N) is 1. The Balaban J connectivity index is 1.71. The molecule has 0 radical (unpaired) electrons. The van der Waals surface area contributed by atoms with Crippen LogP contribution in [0.5, 0.6) is 11.5 Å². The highest BCUT2D eigenvalue weighted by atomic mass is 19.1. The Hall–Kier alpha value is -4.17. The van der Waals surface area contributed by atoms with Gasteiger partial charge < -0.3 is 20.4 Å². The third kappa shape index (κ3) is 4.62. The summed E-state index contributed by atoms with van der Waals surface area (Å²) < 4.78 is 14.9. The standard InChI is InChI=1S/C26H25FN4O3/c1-28-15-18-5-3-4-6-22(18)31-23(11-12-29-31)20-13-21(25(33)14-24(20)32)26(34)30(2)16-17-7-9-19(27)10-8-17/h3-14,28,32-33H,15-16H2,1-2H3. The summed E-state index contributed by atoms with van der Waals surface area (Å²) in [4.78, 5) is 14.6. The minimum atomic E-state index is -0.440. The molecule has 0 aliphatic rings. The number of carbonyl (C=O) groups is 1. The van der Waals surface area contributed by atoms with Crippen molar-refractivity contribution in [1.29, 1.82) is 0 Å². The molecule has 0 fully saturated rings. The van der Waals surface area contributed by atoms with Gasteiger partial charge in [-0.25, -0.2) is 9.07 Å². The maximum Gasteiger partial charge on any atom is 0.257 e. The number of para-hydroxylation sites is 1. The smallest absolute Gasteiger partial charge is 0.257 e. The first-order valence-corrected chi connectivity index (χ1v) is 10.7. The van der Waals surface area contributed by atoms with Gasteiger partial charge in [-0.2, -0.15) is 5.10 Å². The Morgan fingerprint density at radius 2 is 1.79 bits per heavy atom. The highest BCUT2D eigenvalue weighted by molar-refractivity contribution is 5.98. The van der Waals surface area contributed by atoms with Gasteiger partial charge in [0.25, 0.3) is 5.91 Å². The van der Waals surface area contributed by atoms with Gasteiger partial charge in [-0.3, -0.25) is 4.79 Å². The zero-order chi connectivity index (χ0) is 24.2. The average Bonchev–Trinajstić information content (AvgIpc) is 3.30. The molecule has 0 aliphatic heterocycles. The second kappa shape index (κ2) is 9.76. The van der Waals surface area contributed by atoms with E-state index >= 15 is 0 Å². The van der Waals surface area contributed by atoms with Crippen LogP contribution in [0.3, 0.4) is 0 Å². The minimum absolute atomic E-state index is 0.0358. The summed E-state index contributed by atoms with van der Waals surface area (Å²) in [6.07, 6.45) is 1.61. The lowest BCUT2D eigenvalue weighted by Crippen LogP contribution is -2.26. The summed E-state index contributed by atoms with van der Waals surface area (Å²) in [6.45, 7) is 0.846. The molecule has 1 heterocycles. The quantitative estimate of drug-likeness (QED) is 0.387. The molecule has 4 rings (SSSR count). The lowest BCUT2D eigenvalue weighted by Gasteiger charge is -2.19. The lowest BCUT2D eigenvalue weighted by atomic mass is 10.0. The van der Waals surface area contributed by atoms with Crippen molar-refractivity contribution in [3.8, 4) is 28.4 Å². The molecular weight excluding hydrogens is 435 g/mol. The van der Waals surface area contributed by atoms with Crippen molar-refractivity contribution in [2.45, 2.75) is 13.1 Å². The van der Waals surface area contributed by atoms with E-state index in [4.69, 9.17) is 0 Å². The first-order chi connectivity index (χ1) is 16.4. The molecule has 34 heavy (non-hydrogen) atoms. The number of aromatic nitrogens is 2. The number of amides is 1. The molecule has 0 spiro atoms. The molecule has 8 heteroatoms. The van der Waals surface area contributed by atoms with Gasteiger partial charge in [0, 0.05) is 31.8 Å². The van der Waals surface area contributed by atoms with Crippen molar-refractivity contribution >= 4 is 5.91 Å². The fraction of sp³-hybridized carbons (Fsp3) is 0.154. The van der Waals surface area contributed by atoms with Crippen molar-refractivity contribution in [1.82, 2.24) is 20.0 Å². The number of nitrogens with zero attached hydrogens (tertiary/aromatic N) is 3. The molecular formula is C26H25FN4O3. The van der Waals surface area contributed by atoms with Gasteiger partial charge in [0.05, 0.1) is 23.1 Å². The summed E-state index contributed by atoms with van der Waals surface area (Å²) in [7, 11) is 3.45. The number of halogens is 1. The molecule has 1 amide bonds. The van der Waals surface area contributed by atoms with Crippen LogP contribution in [0.4, 0.5) is 4.39 Å². The van der Waals surface area contributed by atoms with Crippen LogP contribution in [-0.2, 0) is 13.1 Å². The highest BCUT2D eigenvalue weighted by Gasteiger charge is 2.22. The number of phenols is 2. The summed E-state index contributed by atoms with van der Waals surface area (Å²) in [5.41, 5.74) is 3.53. The fourth-order valence-corrected chi connectivity index (χ4v) is 3.85. The van der Waals surface area contributed by atoms with Crippen molar-refractivity contribution in [3.63, 3.8) is 0 Å². The molecule has 3 N–H and O–H groups in total. The van der Waals surface area contributed by atoms with Crippen LogP contribution < -0.4 is 5.32 Å². The normalized spacial score (nSPS) is 10.9. The number of phenolic OH excluding ortho intramolecular Hbond substituents is 2. The first-order valence-electron chi connectivity index (χ1n) is 10.7. The lowest BCUT2D eigenvalue weighted by molar-refractivity contribution is 0.0782. The maximum absolute atomic E-state index is 13.2. The number of benzene rings is 3. The molecule has 0 saturated heterocycles. The second-order valence-corrected chi connectivity index (χ2v) is 7.96. The zero-order valence-electron chi connectivity index (χ0n) is 18.9. The van der Waals surface area contributed by atoms with E-state index in [9.17, 15) is 19.4 Å². The molecule has 1 aromatic heterocycles. The van der Waals surface area contributed by atoms with Crippen LogP contribution in [0, 0.1) is 5.82 Å².